The topological polar surface area (TPSA) is 58.6 Å². The summed E-state index contributed by atoms with van der Waals surface area (Å²) in [6.45, 7) is 10.8. The Morgan fingerprint density at radius 3 is 2.61 bits per heavy atom. The first-order chi connectivity index (χ1) is 10.8. The van der Waals surface area contributed by atoms with Crippen molar-refractivity contribution in [3.05, 3.63) is 17.6 Å². The molecular formula is C16H24N4O2S. The second-order valence-corrected chi connectivity index (χ2v) is 8.29. The van der Waals surface area contributed by atoms with E-state index in [2.05, 4.69) is 21.8 Å². The zero-order chi connectivity index (χ0) is 16.6. The molecule has 1 saturated heterocycles. The Morgan fingerprint density at radius 1 is 1.26 bits per heavy atom. The van der Waals surface area contributed by atoms with Crippen LogP contribution < -0.4 is 4.90 Å². The molecular weight excluding hydrogens is 312 g/mol. The Morgan fingerprint density at radius 2 is 1.96 bits per heavy atom. The SMILES string of the molecule is CC1SCc2ncnc(N3CCN(C(=O)OC(C)(C)C)CC3)c21. The molecule has 0 saturated carbocycles. The summed E-state index contributed by atoms with van der Waals surface area (Å²) in [7, 11) is 0. The molecule has 0 radical (unpaired) electrons. The van der Waals surface area contributed by atoms with Gasteiger partial charge in [-0.1, -0.05) is 0 Å². The first-order valence-electron chi connectivity index (χ1n) is 8.03. The minimum atomic E-state index is -0.450. The van der Waals surface area contributed by atoms with E-state index in [1.165, 1.54) is 5.56 Å². The highest BCUT2D eigenvalue weighted by molar-refractivity contribution is 7.99. The summed E-state index contributed by atoms with van der Waals surface area (Å²) in [5.74, 6) is 2.00. The van der Waals surface area contributed by atoms with Gasteiger partial charge in [0.1, 0.15) is 17.7 Å². The van der Waals surface area contributed by atoms with Crippen molar-refractivity contribution in [1.82, 2.24) is 14.9 Å². The summed E-state index contributed by atoms with van der Waals surface area (Å²) in [6, 6.07) is 0. The number of amides is 1. The van der Waals surface area contributed by atoms with E-state index in [1.807, 2.05) is 32.5 Å². The van der Waals surface area contributed by atoms with E-state index >= 15 is 0 Å². The van der Waals surface area contributed by atoms with E-state index in [-0.39, 0.29) is 6.09 Å². The monoisotopic (exact) mass is 336 g/mol. The van der Waals surface area contributed by atoms with Crippen LogP contribution in [0.15, 0.2) is 6.33 Å². The first kappa shape index (κ1) is 16.4. The number of hydrogen-bond donors (Lipinski definition) is 0. The molecule has 6 nitrogen and oxygen atoms in total. The molecule has 0 N–H and O–H groups in total. The van der Waals surface area contributed by atoms with Gasteiger partial charge in [0.05, 0.1) is 5.69 Å². The van der Waals surface area contributed by atoms with Crippen LogP contribution in [0.2, 0.25) is 0 Å². The van der Waals surface area contributed by atoms with Crippen molar-refractivity contribution in [2.75, 3.05) is 31.1 Å². The summed E-state index contributed by atoms with van der Waals surface area (Å²) in [6.07, 6.45) is 1.43. The number of rotatable bonds is 1. The number of thioether (sulfide) groups is 1. The summed E-state index contributed by atoms with van der Waals surface area (Å²) in [5, 5.41) is 0.435. The number of fused-ring (bicyclic) bond motifs is 1. The third-order valence-corrected chi connectivity index (χ3v) is 5.23. The quantitative estimate of drug-likeness (QED) is 0.786. The fraction of sp³-hybridized carbons (Fsp3) is 0.688. The standard InChI is InChI=1S/C16H24N4O2S/c1-11-13-12(9-23-11)17-10-18-14(13)19-5-7-20(8-6-19)15(21)22-16(2,3)4/h10-11H,5-9H2,1-4H3. The lowest BCUT2D eigenvalue weighted by molar-refractivity contribution is 0.0240. The van der Waals surface area contributed by atoms with E-state index in [4.69, 9.17) is 4.74 Å². The number of aromatic nitrogens is 2. The Labute approximate surface area is 141 Å². The second-order valence-electron chi connectivity index (χ2n) is 6.97. The van der Waals surface area contributed by atoms with Crippen LogP contribution in [-0.2, 0) is 10.5 Å². The number of anilines is 1. The smallest absolute Gasteiger partial charge is 0.410 e. The third kappa shape index (κ3) is 3.54. The van der Waals surface area contributed by atoms with Crippen LogP contribution >= 0.6 is 11.8 Å². The molecule has 0 spiro atoms. The van der Waals surface area contributed by atoms with Gasteiger partial charge < -0.3 is 14.5 Å². The molecule has 1 atom stereocenters. The molecule has 1 fully saturated rings. The summed E-state index contributed by atoms with van der Waals surface area (Å²) >= 11 is 1.90. The predicted octanol–water partition coefficient (Wildman–Crippen LogP) is 2.84. The molecule has 2 aliphatic heterocycles. The van der Waals surface area contributed by atoms with E-state index in [0.29, 0.717) is 18.3 Å². The molecule has 3 heterocycles. The van der Waals surface area contributed by atoms with Gasteiger partial charge in [-0.05, 0) is 27.7 Å². The summed E-state index contributed by atoms with van der Waals surface area (Å²) < 4.78 is 5.45. The van der Waals surface area contributed by atoms with Gasteiger partial charge in [0.2, 0.25) is 0 Å². The minimum Gasteiger partial charge on any atom is -0.444 e. The molecule has 0 aliphatic carbocycles. The molecule has 7 heteroatoms. The van der Waals surface area contributed by atoms with Gasteiger partial charge in [0, 0.05) is 42.7 Å². The van der Waals surface area contributed by atoms with Crippen LogP contribution in [0.5, 0.6) is 0 Å². The summed E-state index contributed by atoms with van der Waals surface area (Å²) in [4.78, 5) is 25.1. The van der Waals surface area contributed by atoms with Gasteiger partial charge in [-0.15, -0.1) is 11.8 Å². The second kappa shape index (κ2) is 6.19. The van der Waals surface area contributed by atoms with Crippen LogP contribution in [0, 0.1) is 0 Å². The molecule has 2 aliphatic rings. The fourth-order valence-corrected chi connectivity index (χ4v) is 3.97. The van der Waals surface area contributed by atoms with Crippen molar-refractivity contribution in [2.45, 2.75) is 44.3 Å². The number of nitrogens with zero attached hydrogens (tertiary/aromatic N) is 4. The third-order valence-electron chi connectivity index (χ3n) is 4.05. The van der Waals surface area contributed by atoms with Crippen molar-refractivity contribution in [2.24, 2.45) is 0 Å². The van der Waals surface area contributed by atoms with Gasteiger partial charge in [0.25, 0.3) is 0 Å². The molecule has 126 valence electrons. The Balaban J connectivity index is 1.67. The number of piperazine rings is 1. The first-order valence-corrected chi connectivity index (χ1v) is 9.08. The van der Waals surface area contributed by atoms with Crippen LogP contribution in [-0.4, -0.2) is 52.7 Å². The fourth-order valence-electron chi connectivity index (χ4n) is 2.92. The van der Waals surface area contributed by atoms with Crippen molar-refractivity contribution < 1.29 is 9.53 Å². The van der Waals surface area contributed by atoms with Crippen LogP contribution in [0.3, 0.4) is 0 Å². The highest BCUT2D eigenvalue weighted by Gasteiger charge is 2.30. The Kier molecular flexibility index (Phi) is 4.40. The molecule has 3 rings (SSSR count). The minimum absolute atomic E-state index is 0.228. The lowest BCUT2D eigenvalue weighted by Gasteiger charge is -2.36. The maximum absolute atomic E-state index is 12.2. The summed E-state index contributed by atoms with van der Waals surface area (Å²) in [5.41, 5.74) is 1.97. The van der Waals surface area contributed by atoms with Gasteiger partial charge in [0.15, 0.2) is 0 Å². The maximum Gasteiger partial charge on any atom is 0.410 e. The van der Waals surface area contributed by atoms with Gasteiger partial charge in [-0.3, -0.25) is 0 Å². The number of hydrogen-bond acceptors (Lipinski definition) is 6. The lowest BCUT2D eigenvalue weighted by Crippen LogP contribution is -2.50. The van der Waals surface area contributed by atoms with Crippen LogP contribution in [0.1, 0.15) is 44.2 Å². The molecule has 1 amide bonds. The molecule has 1 aromatic heterocycles. The van der Waals surface area contributed by atoms with Crippen molar-refractivity contribution in [3.63, 3.8) is 0 Å². The molecule has 23 heavy (non-hydrogen) atoms. The lowest BCUT2D eigenvalue weighted by atomic mass is 10.1. The zero-order valence-corrected chi connectivity index (χ0v) is 15.0. The maximum atomic E-state index is 12.2. The molecule has 1 unspecified atom stereocenters. The van der Waals surface area contributed by atoms with Gasteiger partial charge >= 0.3 is 6.09 Å². The van der Waals surface area contributed by atoms with E-state index in [9.17, 15) is 4.79 Å². The normalized spacial score (nSPS) is 21.3. The highest BCUT2D eigenvalue weighted by atomic mass is 32.2. The largest absolute Gasteiger partial charge is 0.444 e. The van der Waals surface area contributed by atoms with Crippen molar-refractivity contribution in [3.8, 4) is 0 Å². The molecule has 1 aromatic rings. The van der Waals surface area contributed by atoms with E-state index in [0.717, 1.165) is 30.4 Å². The van der Waals surface area contributed by atoms with E-state index in [1.54, 1.807) is 11.2 Å². The Bertz CT molecular complexity index is 594. The highest BCUT2D eigenvalue weighted by Crippen LogP contribution is 2.44. The number of ether oxygens (including phenoxy) is 1. The number of carbonyl (C=O) groups is 1. The van der Waals surface area contributed by atoms with Crippen molar-refractivity contribution >= 4 is 23.7 Å². The molecule has 0 aromatic carbocycles. The van der Waals surface area contributed by atoms with Gasteiger partial charge in [-0.2, -0.15) is 0 Å². The van der Waals surface area contributed by atoms with Crippen LogP contribution in [0.4, 0.5) is 10.6 Å². The van der Waals surface area contributed by atoms with Crippen LogP contribution in [0.25, 0.3) is 0 Å². The average molecular weight is 336 g/mol. The van der Waals surface area contributed by atoms with Crippen molar-refractivity contribution in [1.29, 1.82) is 0 Å². The zero-order valence-electron chi connectivity index (χ0n) is 14.2. The Hall–Kier alpha value is -1.50. The molecule has 0 bridgehead atoms. The predicted molar refractivity (Wildman–Crippen MR) is 91.8 cm³/mol. The van der Waals surface area contributed by atoms with Gasteiger partial charge in [-0.25, -0.2) is 14.8 Å². The average Bonchev–Trinajstić information content (AvgIpc) is 2.87. The number of carbonyl (C=O) groups excluding carboxylic acids is 1. The van der Waals surface area contributed by atoms with E-state index < -0.39 is 5.60 Å².